The van der Waals surface area contributed by atoms with Gasteiger partial charge in [-0.15, -0.1) is 0 Å². The second-order valence-electron chi connectivity index (χ2n) is 11.0. The normalized spacial score (nSPS) is 32.5. The third-order valence-corrected chi connectivity index (χ3v) is 10.4. The van der Waals surface area contributed by atoms with E-state index in [2.05, 4.69) is 17.4 Å². The second kappa shape index (κ2) is 8.40. The molecule has 2 unspecified atom stereocenters. The summed E-state index contributed by atoms with van der Waals surface area (Å²) in [5, 5.41) is 14.0. The first-order valence-corrected chi connectivity index (χ1v) is 14.0. The average molecular weight is 497 g/mol. The fourth-order valence-electron chi connectivity index (χ4n) is 7.38. The van der Waals surface area contributed by atoms with Crippen molar-refractivity contribution in [2.24, 2.45) is 11.8 Å². The van der Waals surface area contributed by atoms with E-state index in [1.807, 2.05) is 12.1 Å². The Morgan fingerprint density at radius 2 is 1.57 bits per heavy atom. The van der Waals surface area contributed by atoms with Gasteiger partial charge in [-0.1, -0.05) is 12.1 Å². The Kier molecular flexibility index (Phi) is 5.56. The van der Waals surface area contributed by atoms with Gasteiger partial charge in [-0.25, -0.2) is 8.42 Å². The molecule has 2 N–H and O–H groups in total. The van der Waals surface area contributed by atoms with Crippen molar-refractivity contribution < 1.29 is 23.1 Å². The van der Waals surface area contributed by atoms with Crippen LogP contribution in [0.5, 0.6) is 0 Å². The van der Waals surface area contributed by atoms with Crippen LogP contribution >= 0.6 is 0 Å². The third-order valence-electron chi connectivity index (χ3n) is 8.51. The highest BCUT2D eigenvalue weighted by molar-refractivity contribution is 7.89. The molecule has 5 fully saturated rings. The second-order valence-corrected chi connectivity index (χ2v) is 13.0. The summed E-state index contributed by atoms with van der Waals surface area (Å²) in [6.07, 6.45) is 6.30. The Morgan fingerprint density at radius 3 is 2.17 bits per heavy atom. The molecule has 0 radical (unpaired) electrons. The van der Waals surface area contributed by atoms with E-state index >= 15 is 0 Å². The number of nitrogens with one attached hydrogen (secondary N) is 1. The molecule has 2 aromatic rings. The maximum absolute atomic E-state index is 12.8. The first-order chi connectivity index (χ1) is 16.7. The Labute approximate surface area is 206 Å². The Morgan fingerprint density at radius 1 is 0.943 bits per heavy atom. The molecule has 8 heteroatoms. The SMILES string of the molecule is O=C(Nc1ccc(C23CC4CC(CC(O)(C4)C2)C3)cc1)c1ccc(S(=O)(=O)N2CCOCC2)cc1. The molecular weight excluding hydrogens is 464 g/mol. The molecule has 1 aliphatic heterocycles. The van der Waals surface area contributed by atoms with Crippen molar-refractivity contribution in [3.05, 3.63) is 59.7 Å². The van der Waals surface area contributed by atoms with Gasteiger partial charge >= 0.3 is 0 Å². The first kappa shape index (κ1) is 23.2. The van der Waals surface area contributed by atoms with E-state index in [0.717, 1.165) is 32.1 Å². The molecule has 7 nitrogen and oxygen atoms in total. The zero-order chi connectivity index (χ0) is 24.3. The average Bonchev–Trinajstić information content (AvgIpc) is 2.83. The zero-order valence-corrected chi connectivity index (χ0v) is 20.6. The molecule has 4 aliphatic carbocycles. The minimum absolute atomic E-state index is 0.0587. The van der Waals surface area contributed by atoms with E-state index in [9.17, 15) is 18.3 Å². The topological polar surface area (TPSA) is 95.9 Å². The highest BCUT2D eigenvalue weighted by Crippen LogP contribution is 2.62. The predicted molar refractivity (Wildman–Crippen MR) is 132 cm³/mol. The van der Waals surface area contributed by atoms with Crippen LogP contribution in [-0.2, 0) is 20.2 Å². The van der Waals surface area contributed by atoms with Gasteiger partial charge in [-0.2, -0.15) is 4.31 Å². The fraction of sp³-hybridized carbons (Fsp3) is 0.519. The quantitative estimate of drug-likeness (QED) is 0.660. The van der Waals surface area contributed by atoms with Crippen LogP contribution in [0.2, 0.25) is 0 Å². The minimum atomic E-state index is -3.59. The first-order valence-electron chi connectivity index (χ1n) is 12.6. The fourth-order valence-corrected chi connectivity index (χ4v) is 8.78. The summed E-state index contributed by atoms with van der Waals surface area (Å²) < 4.78 is 32.2. The number of anilines is 1. The zero-order valence-electron chi connectivity index (χ0n) is 19.8. The molecule has 1 amide bonds. The number of sulfonamides is 1. The highest BCUT2D eigenvalue weighted by atomic mass is 32.2. The molecule has 35 heavy (non-hydrogen) atoms. The minimum Gasteiger partial charge on any atom is -0.390 e. The summed E-state index contributed by atoms with van der Waals surface area (Å²) in [5.74, 6) is 0.962. The smallest absolute Gasteiger partial charge is 0.255 e. The molecule has 4 saturated carbocycles. The van der Waals surface area contributed by atoms with Crippen molar-refractivity contribution in [3.8, 4) is 0 Å². The molecule has 7 rings (SSSR count). The molecule has 1 saturated heterocycles. The Balaban J connectivity index is 1.14. The number of hydrogen-bond donors (Lipinski definition) is 2. The van der Waals surface area contributed by atoms with Crippen molar-refractivity contribution in [1.82, 2.24) is 4.31 Å². The summed E-state index contributed by atoms with van der Waals surface area (Å²) >= 11 is 0. The number of amides is 1. The lowest BCUT2D eigenvalue weighted by atomic mass is 9.46. The monoisotopic (exact) mass is 496 g/mol. The summed E-state index contributed by atoms with van der Waals surface area (Å²) in [6.45, 7) is 1.45. The Bertz CT molecular complexity index is 1210. The van der Waals surface area contributed by atoms with Crippen LogP contribution in [-0.4, -0.2) is 55.6 Å². The number of morpholine rings is 1. The van der Waals surface area contributed by atoms with Gasteiger partial charge < -0.3 is 15.2 Å². The van der Waals surface area contributed by atoms with Gasteiger partial charge in [0.1, 0.15) is 0 Å². The Hall–Kier alpha value is -2.26. The molecule has 186 valence electrons. The summed E-state index contributed by atoms with van der Waals surface area (Å²) in [4.78, 5) is 13.0. The van der Waals surface area contributed by atoms with Crippen molar-refractivity contribution in [3.63, 3.8) is 0 Å². The van der Waals surface area contributed by atoms with Gasteiger partial charge in [0.05, 0.1) is 23.7 Å². The largest absolute Gasteiger partial charge is 0.390 e. The van der Waals surface area contributed by atoms with E-state index in [4.69, 9.17) is 4.74 Å². The van der Waals surface area contributed by atoms with E-state index in [1.54, 1.807) is 12.1 Å². The van der Waals surface area contributed by atoms with Gasteiger partial charge in [-0.05, 0) is 97.7 Å². The number of carbonyl (C=O) groups excluding carboxylic acids is 1. The molecule has 1 heterocycles. The van der Waals surface area contributed by atoms with Gasteiger partial charge in [-0.3, -0.25) is 4.79 Å². The third kappa shape index (κ3) is 4.20. The van der Waals surface area contributed by atoms with Crippen molar-refractivity contribution in [2.45, 2.75) is 54.4 Å². The number of carbonyl (C=O) groups is 1. The number of rotatable bonds is 5. The van der Waals surface area contributed by atoms with Crippen LogP contribution in [0.3, 0.4) is 0 Å². The molecule has 0 spiro atoms. The molecule has 0 aromatic heterocycles. The van der Waals surface area contributed by atoms with E-state index in [0.29, 0.717) is 49.4 Å². The number of benzene rings is 2. The van der Waals surface area contributed by atoms with Crippen LogP contribution in [0.15, 0.2) is 53.4 Å². The molecular formula is C27H32N2O5S. The standard InChI is InChI=1S/C27H32N2O5S/c30-25(21-1-7-24(8-2-21)35(32,33)29-9-11-34-12-10-29)28-23-5-3-22(4-6-23)26-14-19-13-20(15-26)17-27(31,16-19)18-26/h1-8,19-20,31H,9-18H2,(H,28,30). The van der Waals surface area contributed by atoms with Crippen molar-refractivity contribution in [1.29, 1.82) is 0 Å². The van der Waals surface area contributed by atoms with Crippen LogP contribution in [0.25, 0.3) is 0 Å². The van der Waals surface area contributed by atoms with Gasteiger partial charge in [0.15, 0.2) is 0 Å². The summed E-state index contributed by atoms with van der Waals surface area (Å²) in [7, 11) is -3.59. The highest BCUT2D eigenvalue weighted by Gasteiger charge is 2.57. The maximum Gasteiger partial charge on any atom is 0.255 e. The van der Waals surface area contributed by atoms with Crippen molar-refractivity contribution in [2.75, 3.05) is 31.6 Å². The lowest BCUT2D eigenvalue weighted by Crippen LogP contribution is -2.57. The summed E-state index contributed by atoms with van der Waals surface area (Å²) in [6, 6.07) is 14.1. The van der Waals surface area contributed by atoms with E-state index < -0.39 is 15.6 Å². The molecule has 5 aliphatic rings. The molecule has 2 aromatic carbocycles. The van der Waals surface area contributed by atoms with Crippen LogP contribution < -0.4 is 5.32 Å². The van der Waals surface area contributed by atoms with Gasteiger partial charge in [0, 0.05) is 24.3 Å². The number of aliphatic hydroxyl groups is 1. The predicted octanol–water partition coefficient (Wildman–Crippen LogP) is 3.54. The van der Waals surface area contributed by atoms with Crippen LogP contribution in [0.1, 0.15) is 54.4 Å². The van der Waals surface area contributed by atoms with Gasteiger partial charge in [0.2, 0.25) is 10.0 Å². The number of nitrogens with zero attached hydrogens (tertiary/aromatic N) is 1. The van der Waals surface area contributed by atoms with Crippen LogP contribution in [0.4, 0.5) is 5.69 Å². The van der Waals surface area contributed by atoms with Crippen LogP contribution in [0, 0.1) is 11.8 Å². The van der Waals surface area contributed by atoms with E-state index in [-0.39, 0.29) is 16.2 Å². The maximum atomic E-state index is 12.8. The lowest BCUT2D eigenvalue weighted by Gasteiger charge is -2.60. The number of hydrogen-bond acceptors (Lipinski definition) is 5. The number of ether oxygens (including phenoxy) is 1. The van der Waals surface area contributed by atoms with E-state index in [1.165, 1.54) is 28.4 Å². The molecule has 2 atom stereocenters. The lowest BCUT2D eigenvalue weighted by molar-refractivity contribution is -0.136. The van der Waals surface area contributed by atoms with Crippen molar-refractivity contribution >= 4 is 21.6 Å². The van der Waals surface area contributed by atoms with Gasteiger partial charge in [0.25, 0.3) is 5.91 Å². The molecule has 4 bridgehead atoms. The summed E-state index contributed by atoms with van der Waals surface area (Å²) in [5.41, 5.74) is 1.92.